The molecule has 0 saturated carbocycles. The third kappa shape index (κ3) is 3.39. The van der Waals surface area contributed by atoms with Crippen LogP contribution in [0.5, 0.6) is 23.0 Å². The van der Waals surface area contributed by atoms with E-state index in [4.69, 9.17) is 18.9 Å². The normalized spacial score (nSPS) is 17.6. The van der Waals surface area contributed by atoms with Gasteiger partial charge in [-0.25, -0.2) is 0 Å². The summed E-state index contributed by atoms with van der Waals surface area (Å²) in [6.07, 6.45) is 4.10. The quantitative estimate of drug-likeness (QED) is 0.525. The molecule has 168 valence electrons. The van der Waals surface area contributed by atoms with Gasteiger partial charge in [-0.05, 0) is 54.3 Å². The van der Waals surface area contributed by atoms with Gasteiger partial charge in [0, 0.05) is 29.8 Å². The van der Waals surface area contributed by atoms with Crippen LogP contribution in [0.2, 0.25) is 0 Å². The molecule has 6 rings (SSSR count). The summed E-state index contributed by atoms with van der Waals surface area (Å²) in [6, 6.07) is 19.0. The van der Waals surface area contributed by atoms with E-state index in [1.165, 1.54) is 33.5 Å². The van der Waals surface area contributed by atoms with Crippen LogP contribution in [0, 0.1) is 0 Å². The number of hydrogen-bond donors (Lipinski definition) is 0. The number of ether oxygens (including phenoxy) is 4. The lowest BCUT2D eigenvalue weighted by Crippen LogP contribution is -2.34. The van der Waals surface area contributed by atoms with E-state index in [-0.39, 0.29) is 6.04 Å². The maximum absolute atomic E-state index is 6.39. The second-order valence-corrected chi connectivity index (χ2v) is 8.70. The van der Waals surface area contributed by atoms with E-state index in [9.17, 15) is 0 Å². The Hall–Kier alpha value is -3.60. The van der Waals surface area contributed by atoms with Crippen LogP contribution in [0.3, 0.4) is 0 Å². The Morgan fingerprint density at radius 1 is 1.03 bits per heavy atom. The molecule has 0 saturated heterocycles. The summed E-state index contributed by atoms with van der Waals surface area (Å²) in [6.45, 7) is 4.10. The molecule has 5 heteroatoms. The highest BCUT2D eigenvalue weighted by molar-refractivity contribution is 5.88. The average molecular weight is 442 g/mol. The Morgan fingerprint density at radius 2 is 1.85 bits per heavy atom. The Balaban J connectivity index is 1.37. The molecule has 3 heterocycles. The van der Waals surface area contributed by atoms with Gasteiger partial charge in [0.1, 0.15) is 0 Å². The monoisotopic (exact) mass is 441 g/mol. The first-order valence-corrected chi connectivity index (χ1v) is 11.5. The first kappa shape index (κ1) is 20.0. The van der Waals surface area contributed by atoms with Crippen molar-refractivity contribution in [3.63, 3.8) is 0 Å². The Morgan fingerprint density at radius 3 is 2.67 bits per heavy atom. The van der Waals surface area contributed by atoms with E-state index in [2.05, 4.69) is 60.4 Å². The second-order valence-electron chi connectivity index (χ2n) is 8.70. The van der Waals surface area contributed by atoms with Crippen LogP contribution in [0.15, 0.2) is 54.6 Å². The highest BCUT2D eigenvalue weighted by Gasteiger charge is 2.34. The van der Waals surface area contributed by atoms with E-state index in [1.54, 1.807) is 7.11 Å². The molecule has 3 aromatic rings. The number of benzene rings is 3. The molecule has 5 nitrogen and oxygen atoms in total. The highest BCUT2D eigenvalue weighted by Crippen LogP contribution is 2.49. The van der Waals surface area contributed by atoms with Gasteiger partial charge in [-0.3, -0.25) is 0 Å². The summed E-state index contributed by atoms with van der Waals surface area (Å²) in [5.74, 6) is 3.32. The number of hydrogen-bond acceptors (Lipinski definition) is 5. The smallest absolute Gasteiger partial charge is 0.231 e. The minimum absolute atomic E-state index is 0.167. The van der Waals surface area contributed by atoms with Gasteiger partial charge in [0.2, 0.25) is 6.79 Å². The Labute approximate surface area is 194 Å². The fourth-order valence-corrected chi connectivity index (χ4v) is 5.19. The summed E-state index contributed by atoms with van der Waals surface area (Å²) in [4.78, 5) is 2.47. The lowest BCUT2D eigenvalue weighted by Gasteiger charge is -2.42. The molecule has 0 bridgehead atoms. The van der Waals surface area contributed by atoms with E-state index < -0.39 is 0 Å². The maximum atomic E-state index is 6.39. The highest BCUT2D eigenvalue weighted by atomic mass is 16.7. The van der Waals surface area contributed by atoms with Gasteiger partial charge >= 0.3 is 0 Å². The molecule has 0 aliphatic carbocycles. The molecular weight excluding hydrogens is 414 g/mol. The van der Waals surface area contributed by atoms with Crippen LogP contribution in [0.1, 0.15) is 40.8 Å². The van der Waals surface area contributed by atoms with E-state index in [0.29, 0.717) is 13.4 Å². The lowest BCUT2D eigenvalue weighted by atomic mass is 9.86. The summed E-state index contributed by atoms with van der Waals surface area (Å²) < 4.78 is 23.4. The average Bonchev–Trinajstić information content (AvgIpc) is 3.31. The van der Waals surface area contributed by atoms with Crippen molar-refractivity contribution in [2.24, 2.45) is 0 Å². The summed E-state index contributed by atoms with van der Waals surface area (Å²) in [5.41, 5.74) is 7.40. The van der Waals surface area contributed by atoms with Crippen LogP contribution in [0.4, 0.5) is 0 Å². The van der Waals surface area contributed by atoms with E-state index in [1.807, 2.05) is 12.1 Å². The van der Waals surface area contributed by atoms with Gasteiger partial charge < -0.3 is 23.8 Å². The molecule has 0 aromatic heterocycles. The van der Waals surface area contributed by atoms with Crippen LogP contribution >= 0.6 is 0 Å². The zero-order valence-corrected chi connectivity index (χ0v) is 19.0. The topological polar surface area (TPSA) is 40.2 Å². The molecule has 33 heavy (non-hydrogen) atoms. The Kier molecular flexibility index (Phi) is 4.90. The minimum Gasteiger partial charge on any atom is -0.493 e. The summed E-state index contributed by atoms with van der Waals surface area (Å²) >= 11 is 0. The van der Waals surface area contributed by atoms with Gasteiger partial charge in [0.15, 0.2) is 23.0 Å². The van der Waals surface area contributed by atoms with Gasteiger partial charge in [-0.2, -0.15) is 0 Å². The van der Waals surface area contributed by atoms with Crippen molar-refractivity contribution in [2.45, 2.75) is 25.8 Å². The predicted molar refractivity (Wildman–Crippen MR) is 128 cm³/mol. The summed E-state index contributed by atoms with van der Waals surface area (Å²) in [7, 11) is 1.71. The third-order valence-corrected chi connectivity index (χ3v) is 6.88. The van der Waals surface area contributed by atoms with E-state index >= 15 is 0 Å². The molecule has 0 unspecified atom stereocenters. The van der Waals surface area contributed by atoms with Gasteiger partial charge in [0.05, 0.1) is 19.8 Å². The van der Waals surface area contributed by atoms with E-state index in [0.717, 1.165) is 42.4 Å². The van der Waals surface area contributed by atoms with Crippen molar-refractivity contribution in [1.82, 2.24) is 4.90 Å². The first-order valence-electron chi connectivity index (χ1n) is 11.5. The first-order chi connectivity index (χ1) is 16.2. The maximum Gasteiger partial charge on any atom is 0.231 e. The molecule has 3 aliphatic heterocycles. The van der Waals surface area contributed by atoms with Crippen LogP contribution in [-0.2, 0) is 12.8 Å². The number of nitrogens with zero attached hydrogens (tertiary/aromatic N) is 1. The van der Waals surface area contributed by atoms with Crippen molar-refractivity contribution in [3.05, 3.63) is 82.4 Å². The molecular formula is C28H27NO4. The molecule has 3 aliphatic rings. The van der Waals surface area contributed by atoms with Crippen molar-refractivity contribution in [2.75, 3.05) is 27.1 Å². The predicted octanol–water partition coefficient (Wildman–Crippen LogP) is 5.48. The fraction of sp³-hybridized carbons (Fsp3) is 0.286. The molecule has 0 amide bonds. The van der Waals surface area contributed by atoms with Crippen LogP contribution < -0.4 is 18.9 Å². The second kappa shape index (κ2) is 8.07. The molecule has 0 radical (unpaired) electrons. The van der Waals surface area contributed by atoms with Crippen LogP contribution in [0.25, 0.3) is 11.8 Å². The van der Waals surface area contributed by atoms with Crippen molar-refractivity contribution >= 4 is 11.8 Å². The standard InChI is InChI=1S/C28H27NO4/c1-18-27-21(8-9-24(30-2)28(27)31-13-11-19-6-4-3-5-7-19)14-23-22-16-26-25(32-17-33-26)15-20(22)10-12-29(18)23/h3-9,14-16,18H,10-13,17H2,1-2H3/t18-/m0/s1. The minimum atomic E-state index is 0.167. The third-order valence-electron chi connectivity index (χ3n) is 6.88. The molecule has 0 fully saturated rings. The number of methoxy groups -OCH3 is 1. The number of rotatable bonds is 5. The molecule has 1 atom stereocenters. The number of fused-ring (bicyclic) bond motifs is 5. The van der Waals surface area contributed by atoms with Gasteiger partial charge in [-0.1, -0.05) is 36.4 Å². The van der Waals surface area contributed by atoms with Crippen molar-refractivity contribution in [3.8, 4) is 23.0 Å². The Bertz CT molecular complexity index is 1230. The van der Waals surface area contributed by atoms with Crippen molar-refractivity contribution < 1.29 is 18.9 Å². The zero-order valence-electron chi connectivity index (χ0n) is 19.0. The lowest BCUT2D eigenvalue weighted by molar-refractivity contribution is 0.174. The molecule has 0 spiro atoms. The SMILES string of the molecule is COc1ccc2c(c1OCCc1ccccc1)[C@H](C)N1CCc3cc4c(cc3C1=C2)OCO4. The largest absolute Gasteiger partial charge is 0.493 e. The van der Waals surface area contributed by atoms with Gasteiger partial charge in [-0.15, -0.1) is 0 Å². The molecule has 0 N–H and O–H groups in total. The summed E-state index contributed by atoms with van der Waals surface area (Å²) in [5, 5.41) is 0. The zero-order chi connectivity index (χ0) is 22.4. The van der Waals surface area contributed by atoms with Gasteiger partial charge in [0.25, 0.3) is 0 Å². The van der Waals surface area contributed by atoms with Crippen LogP contribution in [-0.4, -0.2) is 32.0 Å². The van der Waals surface area contributed by atoms with Crippen molar-refractivity contribution in [1.29, 1.82) is 0 Å². The molecule has 3 aromatic carbocycles. The fourth-order valence-electron chi connectivity index (χ4n) is 5.19.